The molecule has 0 unspecified atom stereocenters. The van der Waals surface area contributed by atoms with Crippen LogP contribution in [0.25, 0.3) is 5.69 Å². The van der Waals surface area contributed by atoms with E-state index in [0.717, 1.165) is 12.1 Å². The highest BCUT2D eigenvalue weighted by molar-refractivity contribution is 5.87. The molecule has 0 atom stereocenters. The highest BCUT2D eigenvalue weighted by Crippen LogP contribution is 2.12. The Morgan fingerprint density at radius 1 is 1.40 bits per heavy atom. The van der Waals surface area contributed by atoms with Gasteiger partial charge < -0.3 is 10.5 Å². The number of rotatable bonds is 5. The van der Waals surface area contributed by atoms with Crippen LogP contribution in [0.15, 0.2) is 36.5 Å². The maximum Gasteiger partial charge on any atom is 0.358 e. The minimum absolute atomic E-state index is 0.302. The van der Waals surface area contributed by atoms with E-state index in [9.17, 15) is 4.79 Å². The fourth-order valence-corrected chi connectivity index (χ4v) is 1.71. The molecule has 1 aromatic heterocycles. The largest absolute Gasteiger partial charge is 0.461 e. The van der Waals surface area contributed by atoms with E-state index in [1.807, 2.05) is 12.1 Å². The molecular formula is C15H19N3O2. The van der Waals surface area contributed by atoms with Gasteiger partial charge in [0, 0.05) is 11.9 Å². The van der Waals surface area contributed by atoms with Crippen molar-refractivity contribution in [2.24, 2.45) is 5.92 Å². The monoisotopic (exact) mass is 273 g/mol. The molecule has 1 aromatic carbocycles. The van der Waals surface area contributed by atoms with Crippen molar-refractivity contribution < 1.29 is 9.53 Å². The number of nitrogen functional groups attached to an aromatic ring is 1. The molecule has 2 aromatic rings. The summed E-state index contributed by atoms with van der Waals surface area (Å²) in [5.41, 5.74) is 7.49. The number of anilines is 1. The number of ether oxygens (including phenoxy) is 1. The van der Waals surface area contributed by atoms with Gasteiger partial charge in [-0.15, -0.1) is 0 Å². The van der Waals surface area contributed by atoms with Crippen LogP contribution < -0.4 is 5.73 Å². The quantitative estimate of drug-likeness (QED) is 0.671. The molecule has 20 heavy (non-hydrogen) atoms. The first-order valence-corrected chi connectivity index (χ1v) is 6.65. The molecule has 0 saturated carbocycles. The number of benzene rings is 1. The maximum absolute atomic E-state index is 11.8. The van der Waals surface area contributed by atoms with E-state index in [4.69, 9.17) is 10.5 Å². The predicted octanol–water partition coefficient (Wildman–Crippen LogP) is 2.66. The van der Waals surface area contributed by atoms with Crippen molar-refractivity contribution in [2.75, 3.05) is 12.3 Å². The van der Waals surface area contributed by atoms with Crippen LogP contribution in [0, 0.1) is 5.92 Å². The lowest BCUT2D eigenvalue weighted by Gasteiger charge is -2.05. The first-order chi connectivity index (χ1) is 9.56. The van der Waals surface area contributed by atoms with Crippen LogP contribution in [0.4, 0.5) is 5.69 Å². The second-order valence-electron chi connectivity index (χ2n) is 5.06. The van der Waals surface area contributed by atoms with E-state index in [1.54, 1.807) is 29.1 Å². The van der Waals surface area contributed by atoms with Crippen molar-refractivity contribution in [3.63, 3.8) is 0 Å². The Bertz CT molecular complexity index is 590. The zero-order valence-electron chi connectivity index (χ0n) is 11.7. The smallest absolute Gasteiger partial charge is 0.358 e. The predicted molar refractivity (Wildman–Crippen MR) is 77.7 cm³/mol. The molecule has 0 spiro atoms. The van der Waals surface area contributed by atoms with Crippen LogP contribution in [0.3, 0.4) is 0 Å². The lowest BCUT2D eigenvalue weighted by molar-refractivity contribution is 0.0480. The summed E-state index contributed by atoms with van der Waals surface area (Å²) >= 11 is 0. The lowest BCUT2D eigenvalue weighted by atomic mass is 10.1. The van der Waals surface area contributed by atoms with E-state index in [2.05, 4.69) is 18.9 Å². The van der Waals surface area contributed by atoms with Gasteiger partial charge in [0.2, 0.25) is 0 Å². The van der Waals surface area contributed by atoms with Crippen LogP contribution in [0.5, 0.6) is 0 Å². The Labute approximate surface area is 118 Å². The molecule has 5 nitrogen and oxygen atoms in total. The second kappa shape index (κ2) is 6.23. The van der Waals surface area contributed by atoms with Crippen LogP contribution in [-0.2, 0) is 4.74 Å². The molecule has 2 N–H and O–H groups in total. The molecule has 0 bridgehead atoms. The van der Waals surface area contributed by atoms with Gasteiger partial charge in [-0.2, -0.15) is 5.10 Å². The van der Waals surface area contributed by atoms with E-state index < -0.39 is 5.97 Å². The van der Waals surface area contributed by atoms with Crippen molar-refractivity contribution in [3.05, 3.63) is 42.2 Å². The summed E-state index contributed by atoms with van der Waals surface area (Å²) in [6.45, 7) is 4.59. The highest BCUT2D eigenvalue weighted by atomic mass is 16.5. The van der Waals surface area contributed by atoms with Crippen LogP contribution in [-0.4, -0.2) is 22.4 Å². The minimum Gasteiger partial charge on any atom is -0.461 e. The zero-order chi connectivity index (χ0) is 14.5. The van der Waals surface area contributed by atoms with Gasteiger partial charge in [-0.05, 0) is 36.6 Å². The van der Waals surface area contributed by atoms with E-state index in [-0.39, 0.29) is 0 Å². The number of hydrogen-bond donors (Lipinski definition) is 1. The summed E-state index contributed by atoms with van der Waals surface area (Å²) in [6.07, 6.45) is 2.56. The van der Waals surface area contributed by atoms with E-state index in [1.165, 1.54) is 0 Å². The molecule has 0 aliphatic carbocycles. The van der Waals surface area contributed by atoms with Crippen molar-refractivity contribution >= 4 is 11.7 Å². The average molecular weight is 273 g/mol. The molecule has 0 aliphatic rings. The minimum atomic E-state index is -0.395. The topological polar surface area (TPSA) is 70.1 Å². The van der Waals surface area contributed by atoms with Crippen LogP contribution in [0.1, 0.15) is 30.8 Å². The third-order valence-electron chi connectivity index (χ3n) is 2.86. The Morgan fingerprint density at radius 3 is 2.90 bits per heavy atom. The molecule has 0 fully saturated rings. The summed E-state index contributed by atoms with van der Waals surface area (Å²) < 4.78 is 6.78. The molecule has 5 heteroatoms. The summed E-state index contributed by atoms with van der Waals surface area (Å²) in [4.78, 5) is 11.8. The lowest BCUT2D eigenvalue weighted by Crippen LogP contribution is -2.09. The number of carbonyl (C=O) groups is 1. The standard InChI is InChI=1S/C15H19N3O2/c1-11(2)7-9-20-15(19)14-6-8-18(17-14)13-5-3-4-12(16)10-13/h3-6,8,10-11H,7,9,16H2,1-2H3. The third kappa shape index (κ3) is 3.60. The number of carbonyl (C=O) groups excluding carboxylic acids is 1. The van der Waals surface area contributed by atoms with Gasteiger partial charge in [-0.3, -0.25) is 0 Å². The van der Waals surface area contributed by atoms with Gasteiger partial charge in [-0.1, -0.05) is 19.9 Å². The van der Waals surface area contributed by atoms with Gasteiger partial charge in [-0.25, -0.2) is 9.48 Å². The molecule has 0 saturated heterocycles. The first-order valence-electron chi connectivity index (χ1n) is 6.65. The summed E-state index contributed by atoms with van der Waals surface area (Å²) in [7, 11) is 0. The highest BCUT2D eigenvalue weighted by Gasteiger charge is 2.11. The molecule has 1 heterocycles. The molecule has 0 aliphatic heterocycles. The van der Waals surface area contributed by atoms with E-state index >= 15 is 0 Å². The summed E-state index contributed by atoms with van der Waals surface area (Å²) in [6, 6.07) is 8.94. The maximum atomic E-state index is 11.8. The van der Waals surface area contributed by atoms with Crippen molar-refractivity contribution in [1.29, 1.82) is 0 Å². The Balaban J connectivity index is 2.03. The fraction of sp³-hybridized carbons (Fsp3) is 0.333. The van der Waals surface area contributed by atoms with Crippen LogP contribution in [0.2, 0.25) is 0 Å². The Kier molecular flexibility index (Phi) is 4.40. The van der Waals surface area contributed by atoms with Crippen molar-refractivity contribution in [2.45, 2.75) is 20.3 Å². The van der Waals surface area contributed by atoms with Gasteiger partial charge in [0.25, 0.3) is 0 Å². The van der Waals surface area contributed by atoms with Gasteiger partial charge in [0.15, 0.2) is 5.69 Å². The SMILES string of the molecule is CC(C)CCOC(=O)c1ccn(-c2cccc(N)c2)n1. The zero-order valence-corrected chi connectivity index (χ0v) is 11.7. The Hall–Kier alpha value is -2.30. The van der Waals surface area contributed by atoms with Crippen molar-refractivity contribution in [3.8, 4) is 5.69 Å². The van der Waals surface area contributed by atoms with Crippen LogP contribution >= 0.6 is 0 Å². The fourth-order valence-electron chi connectivity index (χ4n) is 1.71. The summed E-state index contributed by atoms with van der Waals surface area (Å²) in [5.74, 6) is 0.112. The van der Waals surface area contributed by atoms with Gasteiger partial charge in [0.1, 0.15) is 0 Å². The molecular weight excluding hydrogens is 254 g/mol. The third-order valence-corrected chi connectivity index (χ3v) is 2.86. The van der Waals surface area contributed by atoms with Gasteiger partial charge >= 0.3 is 5.97 Å². The molecule has 106 valence electrons. The normalized spacial score (nSPS) is 10.8. The average Bonchev–Trinajstić information content (AvgIpc) is 2.87. The molecule has 0 amide bonds. The molecule has 2 rings (SSSR count). The van der Waals surface area contributed by atoms with E-state index in [0.29, 0.717) is 23.9 Å². The number of hydrogen-bond acceptors (Lipinski definition) is 4. The Morgan fingerprint density at radius 2 is 2.20 bits per heavy atom. The number of aromatic nitrogens is 2. The molecule has 0 radical (unpaired) electrons. The van der Waals surface area contributed by atoms with Crippen molar-refractivity contribution in [1.82, 2.24) is 9.78 Å². The number of nitrogens with zero attached hydrogens (tertiary/aromatic N) is 2. The number of nitrogens with two attached hydrogens (primary N) is 1. The number of esters is 1. The summed E-state index contributed by atoms with van der Waals surface area (Å²) in [5, 5.41) is 4.21. The second-order valence-corrected chi connectivity index (χ2v) is 5.06. The first kappa shape index (κ1) is 14.1. The van der Waals surface area contributed by atoms with Gasteiger partial charge in [0.05, 0.1) is 12.3 Å².